The maximum atomic E-state index is 5.11. The molecule has 78 valence electrons. The SMILES string of the molecule is COc1ccc(Cc2ncc(C)s2)cc1. The molecule has 0 saturated heterocycles. The number of rotatable bonds is 3. The van der Waals surface area contributed by atoms with Crippen LogP contribution in [0.3, 0.4) is 0 Å². The van der Waals surface area contributed by atoms with Gasteiger partial charge in [-0.05, 0) is 24.6 Å². The van der Waals surface area contributed by atoms with Gasteiger partial charge in [-0.1, -0.05) is 12.1 Å². The molecule has 1 aromatic heterocycles. The van der Waals surface area contributed by atoms with Crippen molar-refractivity contribution in [3.05, 3.63) is 45.9 Å². The van der Waals surface area contributed by atoms with Crippen LogP contribution in [0.2, 0.25) is 0 Å². The van der Waals surface area contributed by atoms with Crippen molar-refractivity contribution in [2.75, 3.05) is 7.11 Å². The Morgan fingerprint density at radius 1 is 1.27 bits per heavy atom. The zero-order valence-corrected chi connectivity index (χ0v) is 9.67. The minimum Gasteiger partial charge on any atom is -0.497 e. The summed E-state index contributed by atoms with van der Waals surface area (Å²) in [6.45, 7) is 2.08. The Labute approximate surface area is 93.6 Å². The summed E-state index contributed by atoms with van der Waals surface area (Å²) in [6, 6.07) is 8.12. The molecule has 1 heterocycles. The first kappa shape index (κ1) is 10.2. The topological polar surface area (TPSA) is 22.1 Å². The molecule has 0 aliphatic carbocycles. The van der Waals surface area contributed by atoms with Crippen molar-refractivity contribution in [3.8, 4) is 5.75 Å². The van der Waals surface area contributed by atoms with Gasteiger partial charge in [-0.3, -0.25) is 0 Å². The highest BCUT2D eigenvalue weighted by Crippen LogP contribution is 2.18. The van der Waals surface area contributed by atoms with E-state index in [1.165, 1.54) is 10.4 Å². The second-order valence-corrected chi connectivity index (χ2v) is 4.71. The summed E-state index contributed by atoms with van der Waals surface area (Å²) in [4.78, 5) is 5.60. The summed E-state index contributed by atoms with van der Waals surface area (Å²) < 4.78 is 5.11. The summed E-state index contributed by atoms with van der Waals surface area (Å²) in [5.74, 6) is 0.897. The molecule has 0 amide bonds. The van der Waals surface area contributed by atoms with E-state index < -0.39 is 0 Å². The zero-order valence-electron chi connectivity index (χ0n) is 8.86. The fourth-order valence-corrected chi connectivity index (χ4v) is 2.22. The van der Waals surface area contributed by atoms with Crippen molar-refractivity contribution in [2.24, 2.45) is 0 Å². The lowest BCUT2D eigenvalue weighted by atomic mass is 10.1. The van der Waals surface area contributed by atoms with E-state index in [1.807, 2.05) is 18.3 Å². The van der Waals surface area contributed by atoms with Crippen LogP contribution < -0.4 is 4.74 Å². The number of hydrogen-bond donors (Lipinski definition) is 0. The maximum Gasteiger partial charge on any atom is 0.118 e. The standard InChI is InChI=1S/C12H13NOS/c1-9-8-13-12(15-9)7-10-3-5-11(14-2)6-4-10/h3-6,8H,7H2,1-2H3. The van der Waals surface area contributed by atoms with Gasteiger partial charge in [0.05, 0.1) is 12.1 Å². The Morgan fingerprint density at radius 2 is 2.00 bits per heavy atom. The average Bonchev–Trinajstić information content (AvgIpc) is 2.65. The summed E-state index contributed by atoms with van der Waals surface area (Å²) in [5.41, 5.74) is 1.27. The number of ether oxygens (including phenoxy) is 1. The Balaban J connectivity index is 2.11. The fraction of sp³-hybridized carbons (Fsp3) is 0.250. The van der Waals surface area contributed by atoms with Gasteiger partial charge in [0.15, 0.2) is 0 Å². The van der Waals surface area contributed by atoms with Gasteiger partial charge in [0.1, 0.15) is 5.75 Å². The van der Waals surface area contributed by atoms with E-state index in [0.29, 0.717) is 0 Å². The van der Waals surface area contributed by atoms with Crippen LogP contribution in [0.25, 0.3) is 0 Å². The highest BCUT2D eigenvalue weighted by atomic mass is 32.1. The normalized spacial score (nSPS) is 10.3. The molecule has 2 aromatic rings. The smallest absolute Gasteiger partial charge is 0.118 e. The average molecular weight is 219 g/mol. The minimum absolute atomic E-state index is 0.897. The molecule has 0 unspecified atom stereocenters. The Morgan fingerprint density at radius 3 is 2.53 bits per heavy atom. The zero-order chi connectivity index (χ0) is 10.7. The molecule has 0 aliphatic rings. The van der Waals surface area contributed by atoms with Gasteiger partial charge >= 0.3 is 0 Å². The first-order valence-electron chi connectivity index (χ1n) is 4.82. The lowest BCUT2D eigenvalue weighted by Gasteiger charge is -2.01. The molecule has 0 N–H and O–H groups in total. The third-order valence-electron chi connectivity index (χ3n) is 2.18. The molecule has 1 aromatic carbocycles. The van der Waals surface area contributed by atoms with Gasteiger partial charge in [-0.2, -0.15) is 0 Å². The predicted molar refractivity (Wildman–Crippen MR) is 62.7 cm³/mol. The summed E-state index contributed by atoms with van der Waals surface area (Å²) in [7, 11) is 1.68. The van der Waals surface area contributed by atoms with Crippen molar-refractivity contribution in [2.45, 2.75) is 13.3 Å². The highest BCUT2D eigenvalue weighted by molar-refractivity contribution is 7.11. The van der Waals surface area contributed by atoms with E-state index in [1.54, 1.807) is 18.4 Å². The van der Waals surface area contributed by atoms with Crippen molar-refractivity contribution < 1.29 is 4.74 Å². The van der Waals surface area contributed by atoms with Crippen molar-refractivity contribution in [1.82, 2.24) is 4.98 Å². The second kappa shape index (κ2) is 4.45. The molecule has 0 fully saturated rings. The van der Waals surface area contributed by atoms with Crippen LogP contribution in [0, 0.1) is 6.92 Å². The Bertz CT molecular complexity index is 433. The van der Waals surface area contributed by atoms with E-state index in [4.69, 9.17) is 4.74 Å². The first-order chi connectivity index (χ1) is 7.28. The summed E-state index contributed by atoms with van der Waals surface area (Å²) in [5, 5.41) is 1.16. The van der Waals surface area contributed by atoms with Crippen molar-refractivity contribution in [3.63, 3.8) is 0 Å². The lowest BCUT2D eigenvalue weighted by Crippen LogP contribution is -1.87. The van der Waals surface area contributed by atoms with E-state index in [9.17, 15) is 0 Å². The van der Waals surface area contributed by atoms with Gasteiger partial charge in [0, 0.05) is 17.5 Å². The number of nitrogens with zero attached hydrogens (tertiary/aromatic N) is 1. The molecular formula is C12H13NOS. The predicted octanol–water partition coefficient (Wildman–Crippen LogP) is 3.05. The molecule has 2 nitrogen and oxygen atoms in total. The van der Waals surface area contributed by atoms with Crippen LogP contribution in [-0.4, -0.2) is 12.1 Å². The molecule has 0 spiro atoms. The Hall–Kier alpha value is -1.35. The fourth-order valence-electron chi connectivity index (χ4n) is 1.40. The molecule has 0 atom stereocenters. The molecule has 3 heteroatoms. The molecule has 0 saturated carbocycles. The second-order valence-electron chi connectivity index (χ2n) is 3.39. The number of aromatic nitrogens is 1. The van der Waals surface area contributed by atoms with Gasteiger partial charge in [-0.15, -0.1) is 11.3 Å². The van der Waals surface area contributed by atoms with Gasteiger partial charge in [0.25, 0.3) is 0 Å². The van der Waals surface area contributed by atoms with E-state index in [0.717, 1.165) is 17.2 Å². The first-order valence-corrected chi connectivity index (χ1v) is 5.64. The lowest BCUT2D eigenvalue weighted by molar-refractivity contribution is 0.414. The number of aryl methyl sites for hydroxylation is 1. The minimum atomic E-state index is 0.897. The number of hydrogen-bond acceptors (Lipinski definition) is 3. The molecule has 15 heavy (non-hydrogen) atoms. The molecule has 0 bridgehead atoms. The summed E-state index contributed by atoms with van der Waals surface area (Å²) >= 11 is 1.75. The molecular weight excluding hydrogens is 206 g/mol. The van der Waals surface area contributed by atoms with Crippen molar-refractivity contribution >= 4 is 11.3 Å². The molecule has 0 radical (unpaired) electrons. The number of thiazole rings is 1. The van der Waals surface area contributed by atoms with E-state index >= 15 is 0 Å². The van der Waals surface area contributed by atoms with Gasteiger partial charge in [0.2, 0.25) is 0 Å². The van der Waals surface area contributed by atoms with Gasteiger partial charge < -0.3 is 4.74 Å². The summed E-state index contributed by atoms with van der Waals surface area (Å²) in [6.07, 6.45) is 2.83. The maximum absolute atomic E-state index is 5.11. The molecule has 0 aliphatic heterocycles. The van der Waals surface area contributed by atoms with E-state index in [2.05, 4.69) is 24.0 Å². The van der Waals surface area contributed by atoms with Crippen LogP contribution in [-0.2, 0) is 6.42 Å². The van der Waals surface area contributed by atoms with Crippen LogP contribution in [0.1, 0.15) is 15.4 Å². The van der Waals surface area contributed by atoms with E-state index in [-0.39, 0.29) is 0 Å². The number of methoxy groups -OCH3 is 1. The number of benzene rings is 1. The Kier molecular flexibility index (Phi) is 3.02. The third-order valence-corrected chi connectivity index (χ3v) is 3.10. The van der Waals surface area contributed by atoms with Crippen LogP contribution in [0.5, 0.6) is 5.75 Å². The van der Waals surface area contributed by atoms with Gasteiger partial charge in [-0.25, -0.2) is 4.98 Å². The third kappa shape index (κ3) is 2.57. The monoisotopic (exact) mass is 219 g/mol. The highest BCUT2D eigenvalue weighted by Gasteiger charge is 2.00. The van der Waals surface area contributed by atoms with Crippen LogP contribution in [0.15, 0.2) is 30.5 Å². The molecule has 2 rings (SSSR count). The largest absolute Gasteiger partial charge is 0.497 e. The van der Waals surface area contributed by atoms with Crippen LogP contribution >= 0.6 is 11.3 Å². The quantitative estimate of drug-likeness (QED) is 0.791. The van der Waals surface area contributed by atoms with Crippen LogP contribution in [0.4, 0.5) is 0 Å². The van der Waals surface area contributed by atoms with Crippen molar-refractivity contribution in [1.29, 1.82) is 0 Å².